The van der Waals surface area contributed by atoms with E-state index in [1.165, 1.54) is 9.47 Å². The Morgan fingerprint density at radius 3 is 2.66 bits per heavy atom. The van der Waals surface area contributed by atoms with Gasteiger partial charge < -0.3 is 9.47 Å². The average Bonchev–Trinajstić information content (AvgIpc) is 3.04. The molecule has 0 bridgehead atoms. The molecule has 29 heavy (non-hydrogen) atoms. The molecule has 0 fully saturated rings. The lowest BCUT2D eigenvalue weighted by Crippen LogP contribution is -2.30. The van der Waals surface area contributed by atoms with Crippen molar-refractivity contribution in [3.8, 4) is 0 Å². The molecule has 0 saturated carbocycles. The molecule has 3 heterocycles. The van der Waals surface area contributed by atoms with Crippen LogP contribution in [0.4, 0.5) is 5.13 Å². The van der Waals surface area contributed by atoms with Gasteiger partial charge in [-0.2, -0.15) is 0 Å². The van der Waals surface area contributed by atoms with E-state index in [4.69, 9.17) is 0 Å². The zero-order chi connectivity index (χ0) is 21.1. The summed E-state index contributed by atoms with van der Waals surface area (Å²) in [5.74, 6) is -0.735. The Bertz CT molecular complexity index is 1120. The number of anilines is 1. The lowest BCUT2D eigenvalue weighted by molar-refractivity contribution is 0.0831. The number of pyridine rings is 2. The van der Waals surface area contributed by atoms with Gasteiger partial charge in [-0.05, 0) is 37.1 Å². The fourth-order valence-corrected chi connectivity index (χ4v) is 3.75. The third kappa shape index (κ3) is 4.40. The molecule has 0 saturated heterocycles. The number of amides is 2. The van der Waals surface area contributed by atoms with Crippen molar-refractivity contribution in [2.24, 2.45) is 0 Å². The van der Waals surface area contributed by atoms with Gasteiger partial charge in [0, 0.05) is 32.7 Å². The van der Waals surface area contributed by atoms with Crippen molar-refractivity contribution < 1.29 is 9.59 Å². The monoisotopic (exact) mass is 411 g/mol. The molecular weight excluding hydrogens is 390 g/mol. The zero-order valence-electron chi connectivity index (χ0n) is 16.6. The van der Waals surface area contributed by atoms with Gasteiger partial charge in [-0.3, -0.25) is 24.7 Å². The number of hydrogen-bond donors (Lipinski definition) is 1. The average molecular weight is 411 g/mol. The lowest BCUT2D eigenvalue weighted by Gasteiger charge is -2.10. The van der Waals surface area contributed by atoms with Crippen molar-refractivity contribution in [1.82, 2.24) is 19.4 Å². The molecule has 3 aromatic rings. The standard InChI is InChI=1S/C20H21N5O3S/c1-12-7-9-25(11-14-6-5-8-21-10-14)18(27)15(12)17(26)23-20-22-13(2)16(29-20)19(28)24(3)4/h5-10H,11H2,1-4H3,(H,22,23,26). The maximum absolute atomic E-state index is 12.9. The second kappa shape index (κ2) is 8.36. The molecule has 3 rings (SSSR count). The minimum absolute atomic E-state index is 0.0460. The van der Waals surface area contributed by atoms with E-state index in [0.717, 1.165) is 16.9 Å². The van der Waals surface area contributed by atoms with Gasteiger partial charge in [-0.1, -0.05) is 17.4 Å². The summed E-state index contributed by atoms with van der Waals surface area (Å²) in [4.78, 5) is 48.1. The first-order chi connectivity index (χ1) is 13.8. The number of thiazole rings is 1. The minimum atomic E-state index is -0.550. The molecule has 150 valence electrons. The van der Waals surface area contributed by atoms with Crippen LogP contribution < -0.4 is 10.9 Å². The smallest absolute Gasteiger partial charge is 0.265 e. The summed E-state index contributed by atoms with van der Waals surface area (Å²) in [5.41, 5.74) is 1.59. The Labute approximate surface area is 171 Å². The third-order valence-electron chi connectivity index (χ3n) is 4.29. The van der Waals surface area contributed by atoms with Gasteiger partial charge in [0.15, 0.2) is 5.13 Å². The van der Waals surface area contributed by atoms with Crippen LogP contribution in [0.5, 0.6) is 0 Å². The Kier molecular flexibility index (Phi) is 5.88. The largest absolute Gasteiger partial charge is 0.344 e. The Hall–Kier alpha value is -3.33. The highest BCUT2D eigenvalue weighted by molar-refractivity contribution is 7.17. The zero-order valence-corrected chi connectivity index (χ0v) is 17.4. The molecule has 0 aliphatic heterocycles. The number of rotatable bonds is 5. The Morgan fingerprint density at radius 2 is 2.00 bits per heavy atom. The molecule has 0 aromatic carbocycles. The number of aryl methyl sites for hydroxylation is 2. The molecule has 2 amide bonds. The number of nitrogens with one attached hydrogen (secondary N) is 1. The van der Waals surface area contributed by atoms with Crippen LogP contribution in [-0.2, 0) is 6.54 Å². The van der Waals surface area contributed by atoms with Gasteiger partial charge >= 0.3 is 0 Å². The van der Waals surface area contributed by atoms with Crippen LogP contribution in [0.3, 0.4) is 0 Å². The van der Waals surface area contributed by atoms with E-state index in [-0.39, 0.29) is 16.6 Å². The first-order valence-electron chi connectivity index (χ1n) is 8.87. The number of aromatic nitrogens is 3. The summed E-state index contributed by atoms with van der Waals surface area (Å²) >= 11 is 1.09. The Balaban J connectivity index is 1.88. The van der Waals surface area contributed by atoms with Crippen LogP contribution in [0, 0.1) is 13.8 Å². The van der Waals surface area contributed by atoms with Crippen LogP contribution in [0.15, 0.2) is 41.6 Å². The van der Waals surface area contributed by atoms with Gasteiger partial charge in [-0.15, -0.1) is 0 Å². The van der Waals surface area contributed by atoms with E-state index >= 15 is 0 Å². The van der Waals surface area contributed by atoms with Crippen LogP contribution in [0.25, 0.3) is 0 Å². The number of carbonyl (C=O) groups excluding carboxylic acids is 2. The third-order valence-corrected chi connectivity index (χ3v) is 5.35. The van der Waals surface area contributed by atoms with Crippen LogP contribution in [-0.4, -0.2) is 45.3 Å². The van der Waals surface area contributed by atoms with Gasteiger partial charge in [-0.25, -0.2) is 4.98 Å². The fourth-order valence-electron chi connectivity index (χ4n) is 2.77. The predicted octanol–water partition coefficient (Wildman–Crippen LogP) is 2.32. The number of nitrogens with zero attached hydrogens (tertiary/aromatic N) is 4. The molecule has 8 nitrogen and oxygen atoms in total. The van der Waals surface area contributed by atoms with Crippen molar-refractivity contribution >= 4 is 28.3 Å². The van der Waals surface area contributed by atoms with Gasteiger partial charge in [0.2, 0.25) is 0 Å². The highest BCUT2D eigenvalue weighted by Crippen LogP contribution is 2.24. The van der Waals surface area contributed by atoms with Crippen molar-refractivity contribution in [2.75, 3.05) is 19.4 Å². The van der Waals surface area contributed by atoms with E-state index in [2.05, 4.69) is 15.3 Å². The van der Waals surface area contributed by atoms with Crippen molar-refractivity contribution in [1.29, 1.82) is 0 Å². The maximum Gasteiger partial charge on any atom is 0.265 e. The summed E-state index contributed by atoms with van der Waals surface area (Å²) < 4.78 is 1.47. The SMILES string of the molecule is Cc1ccn(Cc2cccnc2)c(=O)c1C(=O)Nc1nc(C)c(C(=O)N(C)C)s1. The van der Waals surface area contributed by atoms with Crippen LogP contribution >= 0.6 is 11.3 Å². The minimum Gasteiger partial charge on any atom is -0.344 e. The highest BCUT2D eigenvalue weighted by Gasteiger charge is 2.21. The van der Waals surface area contributed by atoms with Crippen molar-refractivity contribution in [3.05, 3.63) is 74.4 Å². The van der Waals surface area contributed by atoms with E-state index in [1.54, 1.807) is 58.7 Å². The topological polar surface area (TPSA) is 97.2 Å². The molecule has 0 aliphatic rings. The van der Waals surface area contributed by atoms with Gasteiger partial charge in [0.1, 0.15) is 10.4 Å². The Morgan fingerprint density at radius 1 is 1.24 bits per heavy atom. The molecule has 0 unspecified atom stereocenters. The van der Waals surface area contributed by atoms with E-state index < -0.39 is 11.5 Å². The number of carbonyl (C=O) groups is 2. The normalized spacial score (nSPS) is 10.6. The maximum atomic E-state index is 12.9. The summed E-state index contributed by atoms with van der Waals surface area (Å²) in [6.07, 6.45) is 4.99. The molecule has 0 spiro atoms. The molecule has 3 aromatic heterocycles. The molecule has 1 N–H and O–H groups in total. The molecule has 0 atom stereocenters. The summed E-state index contributed by atoms with van der Waals surface area (Å²) in [5, 5.41) is 2.94. The summed E-state index contributed by atoms with van der Waals surface area (Å²) in [6.45, 7) is 3.72. The second-order valence-electron chi connectivity index (χ2n) is 6.76. The predicted molar refractivity (Wildman–Crippen MR) is 112 cm³/mol. The second-order valence-corrected chi connectivity index (χ2v) is 7.75. The van der Waals surface area contributed by atoms with Gasteiger partial charge in [0.05, 0.1) is 12.2 Å². The van der Waals surface area contributed by atoms with Crippen LogP contribution in [0.1, 0.15) is 36.9 Å². The fraction of sp³-hybridized carbons (Fsp3) is 0.250. The molecule has 9 heteroatoms. The molecular formula is C20H21N5O3S. The van der Waals surface area contributed by atoms with Crippen molar-refractivity contribution in [3.63, 3.8) is 0 Å². The summed E-state index contributed by atoms with van der Waals surface area (Å²) in [6, 6.07) is 5.38. The first-order valence-corrected chi connectivity index (χ1v) is 9.69. The quantitative estimate of drug-likeness (QED) is 0.695. The highest BCUT2D eigenvalue weighted by atomic mass is 32.1. The number of hydrogen-bond acceptors (Lipinski definition) is 6. The van der Waals surface area contributed by atoms with Gasteiger partial charge in [0.25, 0.3) is 17.4 Å². The summed E-state index contributed by atoms with van der Waals surface area (Å²) in [7, 11) is 3.30. The molecule has 0 aliphatic carbocycles. The van der Waals surface area contributed by atoms with E-state index in [1.807, 2.05) is 6.07 Å². The first kappa shape index (κ1) is 20.4. The lowest BCUT2D eigenvalue weighted by atomic mass is 10.1. The molecule has 0 radical (unpaired) electrons. The van der Waals surface area contributed by atoms with E-state index in [9.17, 15) is 14.4 Å². The van der Waals surface area contributed by atoms with Crippen LogP contribution in [0.2, 0.25) is 0 Å². The van der Waals surface area contributed by atoms with E-state index in [0.29, 0.717) is 22.7 Å². The van der Waals surface area contributed by atoms with Crippen molar-refractivity contribution in [2.45, 2.75) is 20.4 Å².